The maximum absolute atomic E-state index is 12.6. The van der Waals surface area contributed by atoms with Crippen molar-refractivity contribution in [3.8, 4) is 11.1 Å². The number of aliphatic hydroxyl groups excluding tert-OH is 1. The molecule has 0 heterocycles. The van der Waals surface area contributed by atoms with Crippen LogP contribution in [0.1, 0.15) is 37.3 Å². The Morgan fingerprint density at radius 2 is 1.56 bits per heavy atom. The topological polar surface area (TPSA) is 125 Å². The maximum Gasteiger partial charge on any atom is 0.407 e. The van der Waals surface area contributed by atoms with E-state index in [0.717, 1.165) is 22.3 Å². The van der Waals surface area contributed by atoms with Gasteiger partial charge in [-0.05, 0) is 28.2 Å². The van der Waals surface area contributed by atoms with Crippen LogP contribution in [0.5, 0.6) is 0 Å². The molecule has 170 valence electrons. The molecule has 8 heteroatoms. The van der Waals surface area contributed by atoms with Gasteiger partial charge in [0.1, 0.15) is 18.7 Å². The number of hydrogen-bond acceptors (Lipinski definition) is 5. The number of rotatable bonds is 9. The zero-order valence-corrected chi connectivity index (χ0v) is 18.1. The second kappa shape index (κ2) is 10.3. The number of carboxylic acid groups (broad SMARTS) is 1. The van der Waals surface area contributed by atoms with Gasteiger partial charge in [-0.15, -0.1) is 0 Å². The van der Waals surface area contributed by atoms with Crippen molar-refractivity contribution in [1.82, 2.24) is 10.6 Å². The van der Waals surface area contributed by atoms with Gasteiger partial charge in [-0.3, -0.25) is 4.79 Å². The standard InChI is InChI=1S/C24H28N2O6/c1-3-14(2)21(22(28)25-20(12-27)23(29)30)26-24(31)32-13-19-17-10-6-4-8-15(17)16-9-5-7-11-18(16)19/h4-11,14,19-21,27H,3,12-13H2,1-2H3,(H,25,28)(H,26,31)(H,29,30)/t14-,20-,21-/m0/s1. The van der Waals surface area contributed by atoms with Crippen molar-refractivity contribution in [2.45, 2.75) is 38.3 Å². The van der Waals surface area contributed by atoms with Gasteiger partial charge in [0, 0.05) is 5.92 Å². The second-order valence-electron chi connectivity index (χ2n) is 7.92. The predicted octanol–water partition coefficient (Wildman–Crippen LogP) is 2.50. The summed E-state index contributed by atoms with van der Waals surface area (Å²) in [7, 11) is 0. The van der Waals surface area contributed by atoms with E-state index >= 15 is 0 Å². The number of alkyl carbamates (subject to hydrolysis) is 1. The average molecular weight is 440 g/mol. The molecule has 0 unspecified atom stereocenters. The van der Waals surface area contributed by atoms with Crippen LogP contribution in [-0.2, 0) is 14.3 Å². The van der Waals surface area contributed by atoms with Gasteiger partial charge in [0.05, 0.1) is 6.61 Å². The fourth-order valence-corrected chi connectivity index (χ4v) is 3.92. The molecule has 4 N–H and O–H groups in total. The van der Waals surface area contributed by atoms with E-state index in [0.29, 0.717) is 6.42 Å². The van der Waals surface area contributed by atoms with E-state index in [2.05, 4.69) is 10.6 Å². The van der Waals surface area contributed by atoms with Crippen molar-refractivity contribution in [3.63, 3.8) is 0 Å². The minimum Gasteiger partial charge on any atom is -0.480 e. The molecule has 0 aliphatic heterocycles. The number of carboxylic acids is 1. The summed E-state index contributed by atoms with van der Waals surface area (Å²) in [4.78, 5) is 36.3. The molecule has 0 saturated carbocycles. The van der Waals surface area contributed by atoms with Gasteiger partial charge in [-0.2, -0.15) is 0 Å². The number of nitrogens with one attached hydrogen (secondary N) is 2. The molecule has 0 aromatic heterocycles. The lowest BCUT2D eigenvalue weighted by atomic mass is 9.98. The summed E-state index contributed by atoms with van der Waals surface area (Å²) in [5.74, 6) is -2.43. The Hall–Kier alpha value is -3.39. The van der Waals surface area contributed by atoms with E-state index in [9.17, 15) is 14.4 Å². The summed E-state index contributed by atoms with van der Waals surface area (Å²) in [6.07, 6.45) is -0.193. The molecule has 3 atom stereocenters. The van der Waals surface area contributed by atoms with Crippen LogP contribution >= 0.6 is 0 Å². The number of fused-ring (bicyclic) bond motifs is 3. The van der Waals surface area contributed by atoms with E-state index < -0.39 is 36.7 Å². The van der Waals surface area contributed by atoms with E-state index in [1.54, 1.807) is 6.92 Å². The third kappa shape index (κ3) is 4.91. The zero-order chi connectivity index (χ0) is 23.3. The number of aliphatic hydroxyl groups is 1. The summed E-state index contributed by atoms with van der Waals surface area (Å²) in [5.41, 5.74) is 4.37. The first kappa shape index (κ1) is 23.3. The lowest BCUT2D eigenvalue weighted by Crippen LogP contribution is -2.55. The predicted molar refractivity (Wildman–Crippen MR) is 118 cm³/mol. The van der Waals surface area contributed by atoms with Gasteiger partial charge in [-0.25, -0.2) is 9.59 Å². The molecular weight excluding hydrogens is 412 g/mol. The summed E-state index contributed by atoms with van der Waals surface area (Å²) in [5, 5.41) is 23.0. The molecule has 1 aliphatic carbocycles. The fraction of sp³-hybridized carbons (Fsp3) is 0.375. The Labute approximate surface area is 186 Å². The van der Waals surface area contributed by atoms with Gasteiger partial charge < -0.3 is 25.6 Å². The number of carbonyl (C=O) groups excluding carboxylic acids is 2. The average Bonchev–Trinajstić information content (AvgIpc) is 3.12. The van der Waals surface area contributed by atoms with Crippen LogP contribution in [0.25, 0.3) is 11.1 Å². The first-order valence-electron chi connectivity index (χ1n) is 10.6. The Morgan fingerprint density at radius 3 is 2.06 bits per heavy atom. The van der Waals surface area contributed by atoms with Crippen LogP contribution in [0.2, 0.25) is 0 Å². The van der Waals surface area contributed by atoms with Gasteiger partial charge in [-0.1, -0.05) is 68.8 Å². The highest BCUT2D eigenvalue weighted by Crippen LogP contribution is 2.44. The normalized spacial score (nSPS) is 15.1. The summed E-state index contributed by atoms with van der Waals surface area (Å²) < 4.78 is 5.50. The van der Waals surface area contributed by atoms with Crippen molar-refractivity contribution in [1.29, 1.82) is 0 Å². The Bertz CT molecular complexity index is 946. The number of ether oxygens (including phenoxy) is 1. The van der Waals surface area contributed by atoms with Crippen molar-refractivity contribution < 1.29 is 29.3 Å². The highest BCUT2D eigenvalue weighted by molar-refractivity contribution is 5.89. The van der Waals surface area contributed by atoms with Gasteiger partial charge >= 0.3 is 12.1 Å². The molecule has 0 radical (unpaired) electrons. The van der Waals surface area contributed by atoms with E-state index in [1.165, 1.54) is 0 Å². The second-order valence-corrected chi connectivity index (χ2v) is 7.92. The smallest absolute Gasteiger partial charge is 0.407 e. The summed E-state index contributed by atoms with van der Waals surface area (Å²) in [6, 6.07) is 13.5. The maximum atomic E-state index is 12.6. The summed E-state index contributed by atoms with van der Waals surface area (Å²) in [6.45, 7) is 2.97. The van der Waals surface area contributed by atoms with Crippen molar-refractivity contribution in [2.75, 3.05) is 13.2 Å². The first-order chi connectivity index (χ1) is 15.4. The highest BCUT2D eigenvalue weighted by atomic mass is 16.5. The van der Waals surface area contributed by atoms with E-state index in [1.807, 2.05) is 55.5 Å². The molecule has 2 amide bonds. The molecule has 8 nitrogen and oxygen atoms in total. The number of aliphatic carboxylic acids is 1. The van der Waals surface area contributed by atoms with Crippen LogP contribution in [0.3, 0.4) is 0 Å². The molecule has 2 aromatic carbocycles. The number of benzene rings is 2. The van der Waals surface area contributed by atoms with Crippen molar-refractivity contribution >= 4 is 18.0 Å². The number of amides is 2. The third-order valence-electron chi connectivity index (χ3n) is 5.91. The van der Waals surface area contributed by atoms with Crippen LogP contribution in [0, 0.1) is 5.92 Å². The Morgan fingerprint density at radius 1 is 1.00 bits per heavy atom. The number of carbonyl (C=O) groups is 3. The Kier molecular flexibility index (Phi) is 7.48. The zero-order valence-electron chi connectivity index (χ0n) is 18.1. The van der Waals surface area contributed by atoms with Gasteiger partial charge in [0.15, 0.2) is 0 Å². The fourth-order valence-electron chi connectivity index (χ4n) is 3.92. The van der Waals surface area contributed by atoms with Crippen LogP contribution in [-0.4, -0.2) is 53.5 Å². The molecule has 2 aromatic rings. The quantitative estimate of drug-likeness (QED) is 0.475. The lowest BCUT2D eigenvalue weighted by Gasteiger charge is -2.25. The molecule has 0 bridgehead atoms. The minimum atomic E-state index is -1.45. The van der Waals surface area contributed by atoms with Gasteiger partial charge in [0.25, 0.3) is 0 Å². The minimum absolute atomic E-state index is 0.100. The van der Waals surface area contributed by atoms with E-state index in [4.69, 9.17) is 14.9 Å². The molecule has 1 aliphatic rings. The Balaban J connectivity index is 1.68. The third-order valence-corrected chi connectivity index (χ3v) is 5.91. The molecule has 0 fully saturated rings. The largest absolute Gasteiger partial charge is 0.480 e. The number of hydrogen-bond donors (Lipinski definition) is 4. The van der Waals surface area contributed by atoms with Crippen LogP contribution in [0.15, 0.2) is 48.5 Å². The van der Waals surface area contributed by atoms with Crippen molar-refractivity contribution in [2.24, 2.45) is 5.92 Å². The lowest BCUT2D eigenvalue weighted by molar-refractivity contribution is -0.143. The monoisotopic (exact) mass is 440 g/mol. The SMILES string of the molecule is CC[C@H](C)[C@H](NC(=O)OCC1c2ccccc2-c2ccccc21)C(=O)N[C@@H](CO)C(=O)O. The molecular formula is C24H28N2O6. The van der Waals surface area contributed by atoms with Crippen LogP contribution in [0.4, 0.5) is 4.79 Å². The van der Waals surface area contributed by atoms with E-state index in [-0.39, 0.29) is 18.4 Å². The van der Waals surface area contributed by atoms with Crippen molar-refractivity contribution in [3.05, 3.63) is 59.7 Å². The first-order valence-corrected chi connectivity index (χ1v) is 10.6. The summed E-state index contributed by atoms with van der Waals surface area (Å²) >= 11 is 0. The molecule has 0 spiro atoms. The van der Waals surface area contributed by atoms with Gasteiger partial charge in [0.2, 0.25) is 5.91 Å². The highest BCUT2D eigenvalue weighted by Gasteiger charge is 2.32. The molecule has 3 rings (SSSR count). The van der Waals surface area contributed by atoms with Crippen LogP contribution < -0.4 is 10.6 Å². The molecule has 0 saturated heterocycles. The molecule has 32 heavy (non-hydrogen) atoms.